The van der Waals surface area contributed by atoms with Crippen LogP contribution in [0.1, 0.15) is 18.4 Å². The first-order chi connectivity index (χ1) is 11.7. The normalized spacial score (nSPS) is 15.0. The molecular weight excluding hydrogens is 309 g/mol. The zero-order chi connectivity index (χ0) is 16.8. The Morgan fingerprint density at radius 3 is 2.75 bits per heavy atom. The van der Waals surface area contributed by atoms with Crippen molar-refractivity contribution in [2.45, 2.75) is 19.4 Å². The van der Waals surface area contributed by atoms with Crippen molar-refractivity contribution in [2.24, 2.45) is 5.92 Å². The highest BCUT2D eigenvalue weighted by molar-refractivity contribution is 5.78. The first-order valence-electron chi connectivity index (χ1n) is 8.07. The average molecular weight is 329 g/mol. The van der Waals surface area contributed by atoms with Crippen LogP contribution in [-0.4, -0.2) is 24.0 Å². The van der Waals surface area contributed by atoms with Crippen LogP contribution in [0.2, 0.25) is 0 Å². The second-order valence-corrected chi connectivity index (χ2v) is 5.80. The van der Waals surface area contributed by atoms with Crippen LogP contribution < -0.4 is 15.4 Å². The third-order valence-corrected chi connectivity index (χ3v) is 4.01. The summed E-state index contributed by atoms with van der Waals surface area (Å²) in [5.41, 5.74) is 0.907. The number of carbonyl (C=O) groups excluding carboxylic acids is 1. The number of hydrogen-bond donors (Lipinski definition) is 2. The van der Waals surface area contributed by atoms with E-state index >= 15 is 0 Å². The monoisotopic (exact) mass is 329 g/mol. The number of amides is 1. The summed E-state index contributed by atoms with van der Waals surface area (Å²) in [6, 6.07) is 9.36. The molecule has 2 heterocycles. The Bertz CT molecular complexity index is 685. The van der Waals surface area contributed by atoms with Gasteiger partial charge in [0.1, 0.15) is 11.6 Å². The summed E-state index contributed by atoms with van der Waals surface area (Å²) in [5.74, 6) is 0.789. The molecular formula is C18H20FN3O2. The van der Waals surface area contributed by atoms with Crippen molar-refractivity contribution in [3.05, 3.63) is 54.0 Å². The molecule has 6 heteroatoms. The van der Waals surface area contributed by atoms with Crippen LogP contribution in [0.3, 0.4) is 0 Å². The zero-order valence-corrected chi connectivity index (χ0v) is 13.3. The van der Waals surface area contributed by atoms with Crippen molar-refractivity contribution in [3.63, 3.8) is 0 Å². The number of halogens is 1. The molecule has 0 bridgehead atoms. The largest absolute Gasteiger partial charge is 0.439 e. The lowest BCUT2D eigenvalue weighted by Gasteiger charge is -2.21. The van der Waals surface area contributed by atoms with Crippen molar-refractivity contribution in [1.82, 2.24) is 15.6 Å². The molecule has 1 aromatic carbocycles. The second kappa shape index (κ2) is 7.88. The van der Waals surface area contributed by atoms with E-state index in [-0.39, 0.29) is 17.6 Å². The second-order valence-electron chi connectivity index (χ2n) is 5.80. The predicted octanol–water partition coefficient (Wildman–Crippen LogP) is 2.63. The molecule has 0 radical (unpaired) electrons. The summed E-state index contributed by atoms with van der Waals surface area (Å²) in [5, 5.41) is 6.22. The molecule has 1 fully saturated rings. The Balaban J connectivity index is 1.56. The molecule has 0 aliphatic carbocycles. The molecule has 5 nitrogen and oxygen atoms in total. The first-order valence-corrected chi connectivity index (χ1v) is 8.07. The van der Waals surface area contributed by atoms with Gasteiger partial charge < -0.3 is 15.4 Å². The molecule has 1 aromatic heterocycles. The van der Waals surface area contributed by atoms with Crippen LogP contribution in [-0.2, 0) is 11.3 Å². The van der Waals surface area contributed by atoms with E-state index in [4.69, 9.17) is 4.74 Å². The molecule has 1 aliphatic rings. The van der Waals surface area contributed by atoms with Gasteiger partial charge in [0, 0.05) is 24.7 Å². The van der Waals surface area contributed by atoms with E-state index < -0.39 is 0 Å². The molecule has 2 N–H and O–H groups in total. The highest BCUT2D eigenvalue weighted by Crippen LogP contribution is 2.20. The molecule has 1 aliphatic heterocycles. The van der Waals surface area contributed by atoms with E-state index in [0.29, 0.717) is 18.2 Å². The third-order valence-electron chi connectivity index (χ3n) is 4.01. The lowest BCUT2D eigenvalue weighted by Crippen LogP contribution is -2.37. The number of hydrogen-bond acceptors (Lipinski definition) is 4. The Hall–Kier alpha value is -2.47. The van der Waals surface area contributed by atoms with Crippen LogP contribution >= 0.6 is 0 Å². The number of nitrogens with one attached hydrogen (secondary N) is 2. The Kier molecular flexibility index (Phi) is 5.38. The predicted molar refractivity (Wildman–Crippen MR) is 88.2 cm³/mol. The molecule has 3 rings (SSSR count). The van der Waals surface area contributed by atoms with Crippen LogP contribution in [0.15, 0.2) is 42.6 Å². The highest BCUT2D eigenvalue weighted by atomic mass is 19.1. The van der Waals surface area contributed by atoms with Crippen LogP contribution in [0, 0.1) is 11.7 Å². The number of benzene rings is 1. The van der Waals surface area contributed by atoms with Gasteiger partial charge in [0.05, 0.1) is 0 Å². The average Bonchev–Trinajstić information content (AvgIpc) is 2.63. The molecule has 1 amide bonds. The summed E-state index contributed by atoms with van der Waals surface area (Å²) in [7, 11) is 0. The number of piperidine rings is 1. The number of ether oxygens (including phenoxy) is 1. The number of carbonyl (C=O) groups is 1. The summed E-state index contributed by atoms with van der Waals surface area (Å²) in [6.45, 7) is 2.22. The van der Waals surface area contributed by atoms with Gasteiger partial charge in [-0.1, -0.05) is 0 Å². The minimum atomic E-state index is -0.315. The fourth-order valence-electron chi connectivity index (χ4n) is 2.66. The fourth-order valence-corrected chi connectivity index (χ4v) is 2.66. The van der Waals surface area contributed by atoms with E-state index in [9.17, 15) is 9.18 Å². The zero-order valence-electron chi connectivity index (χ0n) is 13.3. The highest BCUT2D eigenvalue weighted by Gasteiger charge is 2.20. The quantitative estimate of drug-likeness (QED) is 0.885. The summed E-state index contributed by atoms with van der Waals surface area (Å²) in [4.78, 5) is 16.3. The molecule has 0 atom stereocenters. The van der Waals surface area contributed by atoms with Gasteiger partial charge in [0.2, 0.25) is 11.8 Å². The maximum absolute atomic E-state index is 12.9. The van der Waals surface area contributed by atoms with Crippen LogP contribution in [0.4, 0.5) is 4.39 Å². The molecule has 126 valence electrons. The summed E-state index contributed by atoms with van der Waals surface area (Å²) in [6.07, 6.45) is 3.38. The van der Waals surface area contributed by atoms with Gasteiger partial charge in [-0.2, -0.15) is 0 Å². The van der Waals surface area contributed by atoms with Crippen molar-refractivity contribution < 1.29 is 13.9 Å². The Morgan fingerprint density at radius 1 is 1.25 bits per heavy atom. The van der Waals surface area contributed by atoms with Crippen molar-refractivity contribution in [2.75, 3.05) is 13.1 Å². The van der Waals surface area contributed by atoms with Crippen LogP contribution in [0.25, 0.3) is 0 Å². The summed E-state index contributed by atoms with van der Waals surface area (Å²) >= 11 is 0. The van der Waals surface area contributed by atoms with Gasteiger partial charge >= 0.3 is 0 Å². The molecule has 0 saturated carbocycles. The number of aromatic nitrogens is 1. The van der Waals surface area contributed by atoms with Crippen molar-refractivity contribution >= 4 is 5.91 Å². The standard InChI is InChI=1S/C18H20FN3O2/c19-15-1-3-16(4-2-15)24-17-11-13(5-10-21-17)12-22-18(23)14-6-8-20-9-7-14/h1-5,10-11,14,20H,6-9,12H2,(H,22,23). The Morgan fingerprint density at radius 2 is 2.00 bits per heavy atom. The molecule has 2 aromatic rings. The van der Waals surface area contributed by atoms with E-state index in [1.807, 2.05) is 6.07 Å². The van der Waals surface area contributed by atoms with Gasteiger partial charge in [0.15, 0.2) is 0 Å². The van der Waals surface area contributed by atoms with E-state index in [1.54, 1.807) is 24.4 Å². The van der Waals surface area contributed by atoms with Crippen molar-refractivity contribution in [1.29, 1.82) is 0 Å². The van der Waals surface area contributed by atoms with Crippen LogP contribution in [0.5, 0.6) is 11.6 Å². The maximum atomic E-state index is 12.9. The van der Waals surface area contributed by atoms with Gasteiger partial charge in [-0.15, -0.1) is 0 Å². The summed E-state index contributed by atoms with van der Waals surface area (Å²) < 4.78 is 18.5. The maximum Gasteiger partial charge on any atom is 0.223 e. The number of rotatable bonds is 5. The van der Waals surface area contributed by atoms with Gasteiger partial charge in [-0.05, 0) is 61.8 Å². The third kappa shape index (κ3) is 4.52. The smallest absolute Gasteiger partial charge is 0.223 e. The van der Waals surface area contributed by atoms with E-state index in [1.165, 1.54) is 12.1 Å². The minimum Gasteiger partial charge on any atom is -0.439 e. The van der Waals surface area contributed by atoms with E-state index in [2.05, 4.69) is 15.6 Å². The molecule has 0 unspecified atom stereocenters. The molecule has 24 heavy (non-hydrogen) atoms. The van der Waals surface area contributed by atoms with Gasteiger partial charge in [-0.25, -0.2) is 9.37 Å². The lowest BCUT2D eigenvalue weighted by molar-refractivity contribution is -0.125. The minimum absolute atomic E-state index is 0.0861. The van der Waals surface area contributed by atoms with Gasteiger partial charge in [-0.3, -0.25) is 4.79 Å². The number of nitrogens with zero attached hydrogens (tertiary/aromatic N) is 1. The SMILES string of the molecule is O=C(NCc1ccnc(Oc2ccc(F)cc2)c1)C1CCNCC1. The van der Waals surface area contributed by atoms with Gasteiger partial charge in [0.25, 0.3) is 0 Å². The van der Waals surface area contributed by atoms with E-state index in [0.717, 1.165) is 31.5 Å². The first kappa shape index (κ1) is 16.4. The topological polar surface area (TPSA) is 63.2 Å². The Labute approximate surface area is 140 Å². The lowest BCUT2D eigenvalue weighted by atomic mass is 9.97. The fraction of sp³-hybridized carbons (Fsp3) is 0.333. The van der Waals surface area contributed by atoms with Crippen molar-refractivity contribution in [3.8, 4) is 11.6 Å². The number of pyridine rings is 1. The molecule has 0 spiro atoms. The molecule has 1 saturated heterocycles.